The van der Waals surface area contributed by atoms with Crippen LogP contribution in [0.15, 0.2) is 23.2 Å². The average Bonchev–Trinajstić information content (AvgIpc) is 2.89. The van der Waals surface area contributed by atoms with Crippen molar-refractivity contribution in [2.45, 2.75) is 13.1 Å². The zero-order valence-electron chi connectivity index (χ0n) is 8.33. The van der Waals surface area contributed by atoms with Gasteiger partial charge in [0, 0.05) is 6.54 Å². The maximum absolute atomic E-state index is 11.5. The van der Waals surface area contributed by atoms with E-state index in [1.807, 2.05) is 0 Å². The molecule has 2 heterocycles. The second kappa shape index (κ2) is 4.53. The van der Waals surface area contributed by atoms with Crippen LogP contribution in [0.1, 0.15) is 5.69 Å². The second-order valence-electron chi connectivity index (χ2n) is 3.07. The highest BCUT2D eigenvalue weighted by Gasteiger charge is 2.06. The van der Waals surface area contributed by atoms with Gasteiger partial charge in [-0.2, -0.15) is 0 Å². The summed E-state index contributed by atoms with van der Waals surface area (Å²) in [5, 5.41) is 13.5. The van der Waals surface area contributed by atoms with Gasteiger partial charge < -0.3 is 15.6 Å². The molecule has 0 aliphatic carbocycles. The van der Waals surface area contributed by atoms with E-state index in [1.54, 1.807) is 6.20 Å². The Balaban J connectivity index is 1.92. The predicted octanol–water partition coefficient (Wildman–Crippen LogP) is -0.637. The molecule has 3 N–H and O–H groups in total. The maximum Gasteiger partial charge on any atom is 0.246 e. The summed E-state index contributed by atoms with van der Waals surface area (Å²) in [6.45, 7) is 0.367. The molecule has 0 bridgehead atoms. The van der Waals surface area contributed by atoms with Crippen molar-refractivity contribution in [1.82, 2.24) is 20.2 Å². The first-order valence-corrected chi connectivity index (χ1v) is 4.56. The monoisotopic (exact) mass is 222 g/mol. The first-order valence-electron chi connectivity index (χ1n) is 4.56. The molecule has 0 saturated carbocycles. The summed E-state index contributed by atoms with van der Waals surface area (Å²) < 4.78 is 5.98. The molecule has 0 aliphatic heterocycles. The lowest BCUT2D eigenvalue weighted by molar-refractivity contribution is -0.116. The van der Waals surface area contributed by atoms with Crippen molar-refractivity contribution in [3.05, 3.63) is 24.4 Å². The third-order valence-electron chi connectivity index (χ3n) is 1.82. The quantitative estimate of drug-likeness (QED) is 0.711. The number of nitrogens with zero attached hydrogens (tertiary/aromatic N) is 4. The molecule has 2 aromatic rings. The van der Waals surface area contributed by atoms with Crippen LogP contribution >= 0.6 is 0 Å². The Bertz CT molecular complexity index is 463. The van der Waals surface area contributed by atoms with Gasteiger partial charge in [-0.3, -0.25) is 4.79 Å². The summed E-state index contributed by atoms with van der Waals surface area (Å²) in [6.07, 6.45) is 4.36. The van der Waals surface area contributed by atoms with Gasteiger partial charge in [0.05, 0.1) is 18.1 Å². The van der Waals surface area contributed by atoms with Crippen molar-refractivity contribution in [3.8, 4) is 0 Å². The Morgan fingerprint density at radius 1 is 1.62 bits per heavy atom. The van der Waals surface area contributed by atoms with Crippen LogP contribution in [0, 0.1) is 0 Å². The van der Waals surface area contributed by atoms with Gasteiger partial charge in [-0.15, -0.1) is 5.10 Å². The Morgan fingerprint density at radius 3 is 3.12 bits per heavy atom. The predicted molar refractivity (Wildman–Crippen MR) is 53.0 cm³/mol. The van der Waals surface area contributed by atoms with Gasteiger partial charge in [0.15, 0.2) is 0 Å². The third kappa shape index (κ3) is 2.42. The topological polar surface area (TPSA) is 112 Å². The van der Waals surface area contributed by atoms with Crippen LogP contribution in [0.25, 0.3) is 0 Å². The van der Waals surface area contributed by atoms with Crippen molar-refractivity contribution in [3.63, 3.8) is 0 Å². The van der Waals surface area contributed by atoms with Crippen molar-refractivity contribution in [1.29, 1.82) is 0 Å². The minimum Gasteiger partial charge on any atom is -0.363 e. The SMILES string of the molecule is NCc1cn(CC(=O)Nc2cnoc2)nn1. The smallest absolute Gasteiger partial charge is 0.246 e. The fourth-order valence-electron chi connectivity index (χ4n) is 1.12. The molecule has 2 rings (SSSR count). The van der Waals surface area contributed by atoms with E-state index < -0.39 is 0 Å². The van der Waals surface area contributed by atoms with E-state index in [9.17, 15) is 4.79 Å². The Morgan fingerprint density at radius 2 is 2.50 bits per heavy atom. The Hall–Kier alpha value is -2.22. The van der Waals surface area contributed by atoms with Gasteiger partial charge in [0.2, 0.25) is 5.91 Å². The molecule has 16 heavy (non-hydrogen) atoms. The molecule has 0 spiro atoms. The summed E-state index contributed by atoms with van der Waals surface area (Å²) >= 11 is 0. The molecule has 1 amide bonds. The van der Waals surface area contributed by atoms with Gasteiger partial charge >= 0.3 is 0 Å². The van der Waals surface area contributed by atoms with E-state index in [4.69, 9.17) is 5.73 Å². The van der Waals surface area contributed by atoms with Crippen LogP contribution in [0.4, 0.5) is 5.69 Å². The molecule has 8 nitrogen and oxygen atoms in total. The number of anilines is 1. The van der Waals surface area contributed by atoms with Crippen molar-refractivity contribution < 1.29 is 9.32 Å². The third-order valence-corrected chi connectivity index (χ3v) is 1.82. The van der Waals surface area contributed by atoms with E-state index in [0.29, 0.717) is 17.9 Å². The molecule has 8 heteroatoms. The molecular weight excluding hydrogens is 212 g/mol. The summed E-state index contributed by atoms with van der Waals surface area (Å²) in [4.78, 5) is 11.5. The molecule has 0 atom stereocenters. The second-order valence-corrected chi connectivity index (χ2v) is 3.07. The normalized spacial score (nSPS) is 10.3. The van der Waals surface area contributed by atoms with Gasteiger partial charge in [-0.05, 0) is 0 Å². The largest absolute Gasteiger partial charge is 0.363 e. The lowest BCUT2D eigenvalue weighted by Gasteiger charge is -2.00. The lowest BCUT2D eigenvalue weighted by Crippen LogP contribution is -2.18. The zero-order chi connectivity index (χ0) is 11.4. The summed E-state index contributed by atoms with van der Waals surface area (Å²) in [5.74, 6) is -0.239. The van der Waals surface area contributed by atoms with Gasteiger partial charge in [-0.25, -0.2) is 4.68 Å². The molecule has 0 aliphatic rings. The first-order chi connectivity index (χ1) is 7.78. The van der Waals surface area contributed by atoms with Gasteiger partial charge in [0.1, 0.15) is 18.5 Å². The highest BCUT2D eigenvalue weighted by molar-refractivity contribution is 5.90. The molecule has 84 valence electrons. The molecule has 2 aromatic heterocycles. The van der Waals surface area contributed by atoms with Crippen LogP contribution in [0.3, 0.4) is 0 Å². The lowest BCUT2D eigenvalue weighted by atomic mass is 10.5. The number of rotatable bonds is 4. The van der Waals surface area contributed by atoms with E-state index in [2.05, 4.69) is 25.3 Å². The van der Waals surface area contributed by atoms with E-state index in [0.717, 1.165) is 0 Å². The fraction of sp³-hybridized carbons (Fsp3) is 0.250. The van der Waals surface area contributed by atoms with Crippen LogP contribution in [-0.4, -0.2) is 26.1 Å². The van der Waals surface area contributed by atoms with Crippen LogP contribution in [-0.2, 0) is 17.9 Å². The Labute approximate surface area is 90.4 Å². The molecule has 0 saturated heterocycles. The molecule has 0 aromatic carbocycles. The van der Waals surface area contributed by atoms with E-state index in [-0.39, 0.29) is 12.5 Å². The maximum atomic E-state index is 11.5. The summed E-state index contributed by atoms with van der Waals surface area (Å²) in [5.41, 5.74) is 6.51. The van der Waals surface area contributed by atoms with Crippen molar-refractivity contribution in [2.75, 3.05) is 5.32 Å². The van der Waals surface area contributed by atoms with Gasteiger partial charge in [-0.1, -0.05) is 10.4 Å². The molecular formula is C8H10N6O2. The van der Waals surface area contributed by atoms with Crippen molar-refractivity contribution >= 4 is 11.6 Å². The van der Waals surface area contributed by atoms with E-state index in [1.165, 1.54) is 17.1 Å². The number of carbonyl (C=O) groups is 1. The number of carbonyl (C=O) groups excluding carboxylic acids is 1. The average molecular weight is 222 g/mol. The van der Waals surface area contributed by atoms with Crippen LogP contribution in [0.5, 0.6) is 0 Å². The number of hydrogen-bond donors (Lipinski definition) is 2. The summed E-state index contributed by atoms with van der Waals surface area (Å²) in [7, 11) is 0. The highest BCUT2D eigenvalue weighted by atomic mass is 16.5. The number of nitrogens with two attached hydrogens (primary N) is 1. The number of nitrogens with one attached hydrogen (secondary N) is 1. The Kier molecular flexibility index (Phi) is 2.92. The fourth-order valence-corrected chi connectivity index (χ4v) is 1.12. The highest BCUT2D eigenvalue weighted by Crippen LogP contribution is 2.03. The zero-order valence-corrected chi connectivity index (χ0v) is 8.33. The molecule has 0 radical (unpaired) electrons. The van der Waals surface area contributed by atoms with Gasteiger partial charge in [0.25, 0.3) is 0 Å². The standard InChI is InChI=1S/C8H10N6O2/c9-1-6-3-14(13-12-6)4-8(15)11-7-2-10-16-5-7/h2-3,5H,1,4,9H2,(H,11,15). The summed E-state index contributed by atoms with van der Waals surface area (Å²) in [6, 6.07) is 0. The number of aromatic nitrogens is 4. The van der Waals surface area contributed by atoms with Crippen LogP contribution in [0.2, 0.25) is 0 Å². The number of amides is 1. The minimum absolute atomic E-state index is 0.0676. The molecule has 0 unspecified atom stereocenters. The van der Waals surface area contributed by atoms with E-state index >= 15 is 0 Å². The molecule has 0 fully saturated rings. The first kappa shape index (κ1) is 10.3. The minimum atomic E-state index is -0.239. The van der Waals surface area contributed by atoms with Crippen LogP contribution < -0.4 is 11.1 Å². The number of hydrogen-bond acceptors (Lipinski definition) is 6. The van der Waals surface area contributed by atoms with Crippen molar-refractivity contribution in [2.24, 2.45) is 5.73 Å².